The van der Waals surface area contributed by atoms with Crippen LogP contribution in [0.4, 0.5) is 0 Å². The summed E-state index contributed by atoms with van der Waals surface area (Å²) in [6.45, 7) is 4.15. The van der Waals surface area contributed by atoms with Crippen LogP contribution in [-0.2, 0) is 6.54 Å². The fourth-order valence-electron chi connectivity index (χ4n) is 1.83. The summed E-state index contributed by atoms with van der Waals surface area (Å²) in [4.78, 5) is 0. The number of nitrogens with one attached hydrogen (secondary N) is 2. The molecular formula is C11H18N2O. The van der Waals surface area contributed by atoms with Gasteiger partial charge in [0.15, 0.2) is 0 Å². The number of hydrogen-bond acceptors (Lipinski definition) is 3. The summed E-state index contributed by atoms with van der Waals surface area (Å²) in [5.74, 6) is 1.02. The van der Waals surface area contributed by atoms with Crippen LogP contribution < -0.4 is 10.6 Å². The molecular weight excluding hydrogens is 176 g/mol. The Labute approximate surface area is 84.9 Å². The van der Waals surface area contributed by atoms with E-state index >= 15 is 0 Å². The number of furan rings is 1. The summed E-state index contributed by atoms with van der Waals surface area (Å²) >= 11 is 0. The fraction of sp³-hybridized carbons (Fsp3) is 0.636. The molecule has 0 amide bonds. The largest absolute Gasteiger partial charge is 0.468 e. The summed E-state index contributed by atoms with van der Waals surface area (Å²) < 4.78 is 5.26. The molecule has 2 N–H and O–H groups in total. The molecule has 0 saturated carbocycles. The fourth-order valence-corrected chi connectivity index (χ4v) is 1.83. The topological polar surface area (TPSA) is 37.2 Å². The predicted octanol–water partition coefficient (Wildman–Crippen LogP) is 1.51. The second-order valence-corrected chi connectivity index (χ2v) is 4.04. The van der Waals surface area contributed by atoms with E-state index in [1.54, 1.807) is 6.26 Å². The zero-order valence-corrected chi connectivity index (χ0v) is 8.62. The van der Waals surface area contributed by atoms with Gasteiger partial charge in [0.25, 0.3) is 0 Å². The van der Waals surface area contributed by atoms with E-state index in [2.05, 4.69) is 17.6 Å². The van der Waals surface area contributed by atoms with Crippen molar-refractivity contribution in [1.82, 2.24) is 10.6 Å². The molecule has 2 heterocycles. The van der Waals surface area contributed by atoms with Crippen molar-refractivity contribution in [3.63, 3.8) is 0 Å². The molecule has 0 aromatic carbocycles. The van der Waals surface area contributed by atoms with Gasteiger partial charge in [0, 0.05) is 18.6 Å². The Morgan fingerprint density at radius 3 is 3.14 bits per heavy atom. The van der Waals surface area contributed by atoms with Gasteiger partial charge < -0.3 is 15.1 Å². The van der Waals surface area contributed by atoms with E-state index in [1.165, 1.54) is 12.8 Å². The van der Waals surface area contributed by atoms with Crippen LogP contribution in [0.25, 0.3) is 0 Å². The van der Waals surface area contributed by atoms with E-state index in [-0.39, 0.29) is 0 Å². The summed E-state index contributed by atoms with van der Waals surface area (Å²) in [5, 5.41) is 6.96. The Balaban J connectivity index is 1.71. The molecule has 3 heteroatoms. The molecule has 0 radical (unpaired) electrons. The van der Waals surface area contributed by atoms with Gasteiger partial charge in [0.2, 0.25) is 0 Å². The molecule has 1 fully saturated rings. The first-order chi connectivity index (χ1) is 6.84. The van der Waals surface area contributed by atoms with Crippen LogP contribution in [0.15, 0.2) is 22.8 Å². The van der Waals surface area contributed by atoms with Crippen LogP contribution in [0.1, 0.15) is 25.5 Å². The molecule has 3 nitrogen and oxygen atoms in total. The van der Waals surface area contributed by atoms with Gasteiger partial charge in [-0.25, -0.2) is 0 Å². The van der Waals surface area contributed by atoms with Gasteiger partial charge in [-0.2, -0.15) is 0 Å². The molecule has 1 aliphatic rings. The quantitative estimate of drug-likeness (QED) is 0.766. The first kappa shape index (κ1) is 9.74. The van der Waals surface area contributed by atoms with Gasteiger partial charge in [-0.05, 0) is 31.9 Å². The molecule has 14 heavy (non-hydrogen) atoms. The molecule has 1 aromatic rings. The van der Waals surface area contributed by atoms with Crippen molar-refractivity contribution in [1.29, 1.82) is 0 Å². The Morgan fingerprint density at radius 2 is 2.50 bits per heavy atom. The normalized spacial score (nSPS) is 27.8. The molecule has 2 atom stereocenters. The maximum atomic E-state index is 5.26. The Hall–Kier alpha value is -0.800. The summed E-state index contributed by atoms with van der Waals surface area (Å²) in [6.07, 6.45) is 4.24. The van der Waals surface area contributed by atoms with Crippen LogP contribution in [0.5, 0.6) is 0 Å². The third-order valence-electron chi connectivity index (χ3n) is 2.81. The van der Waals surface area contributed by atoms with E-state index < -0.39 is 0 Å². The summed E-state index contributed by atoms with van der Waals surface area (Å²) in [7, 11) is 0. The monoisotopic (exact) mass is 194 g/mol. The first-order valence-electron chi connectivity index (χ1n) is 5.34. The highest BCUT2D eigenvalue weighted by Crippen LogP contribution is 2.08. The molecule has 2 rings (SSSR count). The van der Waals surface area contributed by atoms with Crippen molar-refractivity contribution in [2.45, 2.75) is 38.4 Å². The highest BCUT2D eigenvalue weighted by atomic mass is 16.3. The van der Waals surface area contributed by atoms with Crippen LogP contribution in [0, 0.1) is 0 Å². The van der Waals surface area contributed by atoms with Gasteiger partial charge in [0.1, 0.15) is 5.76 Å². The zero-order valence-electron chi connectivity index (χ0n) is 8.62. The van der Waals surface area contributed by atoms with Crippen molar-refractivity contribution in [2.24, 2.45) is 0 Å². The van der Waals surface area contributed by atoms with Crippen molar-refractivity contribution < 1.29 is 4.42 Å². The molecule has 0 aliphatic carbocycles. The predicted molar refractivity (Wildman–Crippen MR) is 56.0 cm³/mol. The first-order valence-corrected chi connectivity index (χ1v) is 5.34. The Morgan fingerprint density at radius 1 is 1.57 bits per heavy atom. The second-order valence-electron chi connectivity index (χ2n) is 4.04. The van der Waals surface area contributed by atoms with Gasteiger partial charge in [-0.3, -0.25) is 0 Å². The van der Waals surface area contributed by atoms with Crippen molar-refractivity contribution in [3.8, 4) is 0 Å². The van der Waals surface area contributed by atoms with Crippen LogP contribution in [0.2, 0.25) is 0 Å². The minimum atomic E-state index is 0.594. The lowest BCUT2D eigenvalue weighted by Gasteiger charge is -2.28. The second kappa shape index (κ2) is 4.62. The lowest BCUT2D eigenvalue weighted by atomic mass is 10.0. The zero-order chi connectivity index (χ0) is 9.80. The molecule has 0 bridgehead atoms. The van der Waals surface area contributed by atoms with Crippen molar-refractivity contribution in [3.05, 3.63) is 24.2 Å². The van der Waals surface area contributed by atoms with Gasteiger partial charge >= 0.3 is 0 Å². The van der Waals surface area contributed by atoms with Gasteiger partial charge in [-0.15, -0.1) is 0 Å². The minimum Gasteiger partial charge on any atom is -0.468 e. The maximum Gasteiger partial charge on any atom is 0.117 e. The Bertz CT molecular complexity index is 250. The third kappa shape index (κ3) is 2.59. The highest BCUT2D eigenvalue weighted by molar-refractivity contribution is 4.98. The molecule has 2 unspecified atom stereocenters. The van der Waals surface area contributed by atoms with Gasteiger partial charge in [0.05, 0.1) is 12.8 Å². The third-order valence-corrected chi connectivity index (χ3v) is 2.81. The van der Waals surface area contributed by atoms with Crippen LogP contribution >= 0.6 is 0 Å². The van der Waals surface area contributed by atoms with E-state index in [4.69, 9.17) is 4.42 Å². The average Bonchev–Trinajstić information content (AvgIpc) is 2.70. The minimum absolute atomic E-state index is 0.594. The van der Waals surface area contributed by atoms with E-state index in [0.29, 0.717) is 12.1 Å². The van der Waals surface area contributed by atoms with Crippen molar-refractivity contribution in [2.75, 3.05) is 6.54 Å². The van der Waals surface area contributed by atoms with E-state index in [0.717, 1.165) is 18.8 Å². The maximum absolute atomic E-state index is 5.26. The average molecular weight is 194 g/mol. The lowest BCUT2D eigenvalue weighted by Crippen LogP contribution is -2.46. The number of piperidine rings is 1. The van der Waals surface area contributed by atoms with Crippen molar-refractivity contribution >= 4 is 0 Å². The van der Waals surface area contributed by atoms with Gasteiger partial charge in [-0.1, -0.05) is 0 Å². The number of rotatable bonds is 3. The SMILES string of the molecule is CC1CCC(NCc2ccco2)CN1. The van der Waals surface area contributed by atoms with E-state index in [1.807, 2.05) is 12.1 Å². The van der Waals surface area contributed by atoms with Crippen LogP contribution in [-0.4, -0.2) is 18.6 Å². The molecule has 1 aliphatic heterocycles. The summed E-state index contributed by atoms with van der Waals surface area (Å²) in [6, 6.07) is 5.21. The standard InChI is InChI=1S/C11H18N2O/c1-9-4-5-10(7-12-9)13-8-11-3-2-6-14-11/h2-3,6,9-10,12-13H,4-5,7-8H2,1H3. The molecule has 1 aromatic heterocycles. The molecule has 1 saturated heterocycles. The highest BCUT2D eigenvalue weighted by Gasteiger charge is 2.16. The van der Waals surface area contributed by atoms with Crippen LogP contribution in [0.3, 0.4) is 0 Å². The number of hydrogen-bond donors (Lipinski definition) is 2. The summed E-state index contributed by atoms with van der Waals surface area (Å²) in [5.41, 5.74) is 0. The smallest absolute Gasteiger partial charge is 0.117 e. The van der Waals surface area contributed by atoms with E-state index in [9.17, 15) is 0 Å². The lowest BCUT2D eigenvalue weighted by molar-refractivity contribution is 0.328. The molecule has 0 spiro atoms. The Kier molecular flexibility index (Phi) is 3.22. The molecule has 78 valence electrons.